The van der Waals surface area contributed by atoms with E-state index in [1.54, 1.807) is 11.3 Å². The van der Waals surface area contributed by atoms with Gasteiger partial charge in [-0.2, -0.15) is 0 Å². The van der Waals surface area contributed by atoms with Crippen molar-refractivity contribution >= 4 is 11.3 Å². The van der Waals surface area contributed by atoms with Gasteiger partial charge in [0.2, 0.25) is 0 Å². The predicted octanol–water partition coefficient (Wildman–Crippen LogP) is 3.61. The lowest BCUT2D eigenvalue weighted by Crippen LogP contribution is -2.18. The monoisotopic (exact) mass is 246 g/mol. The van der Waals surface area contributed by atoms with Crippen LogP contribution < -0.4 is 5.32 Å². The van der Waals surface area contributed by atoms with Crippen molar-refractivity contribution < 1.29 is 0 Å². The van der Waals surface area contributed by atoms with Gasteiger partial charge >= 0.3 is 0 Å². The number of aryl methyl sites for hydroxylation is 2. The van der Waals surface area contributed by atoms with Gasteiger partial charge in [0.1, 0.15) is 0 Å². The molecule has 2 rings (SSSR count). The molecule has 0 fully saturated rings. The first-order chi connectivity index (χ1) is 8.15. The quantitative estimate of drug-likeness (QED) is 0.891. The van der Waals surface area contributed by atoms with Crippen LogP contribution in [0.3, 0.4) is 0 Å². The summed E-state index contributed by atoms with van der Waals surface area (Å²) >= 11 is 1.70. The molecule has 1 heterocycles. The van der Waals surface area contributed by atoms with Gasteiger partial charge in [0.05, 0.1) is 10.7 Å². The molecule has 0 saturated heterocycles. The normalized spacial score (nSPS) is 12.6. The Hall–Kier alpha value is -1.19. The van der Waals surface area contributed by atoms with Gasteiger partial charge in [0.15, 0.2) is 0 Å². The van der Waals surface area contributed by atoms with Crippen LogP contribution in [0.1, 0.15) is 34.8 Å². The van der Waals surface area contributed by atoms with Crippen LogP contribution in [-0.4, -0.2) is 4.98 Å². The second kappa shape index (κ2) is 5.43. The molecular weight excluding hydrogens is 228 g/mol. The maximum absolute atomic E-state index is 4.45. The average Bonchev–Trinajstić information content (AvgIpc) is 2.73. The highest BCUT2D eigenvalue weighted by Crippen LogP contribution is 2.14. The summed E-state index contributed by atoms with van der Waals surface area (Å²) in [5, 5.41) is 6.74. The minimum absolute atomic E-state index is 0.359. The van der Waals surface area contributed by atoms with E-state index in [2.05, 4.69) is 53.8 Å². The zero-order valence-electron chi connectivity index (χ0n) is 10.5. The van der Waals surface area contributed by atoms with Gasteiger partial charge in [0.25, 0.3) is 0 Å². The molecule has 0 amide bonds. The van der Waals surface area contributed by atoms with Crippen LogP contribution in [0.5, 0.6) is 0 Å². The van der Waals surface area contributed by atoms with E-state index in [1.165, 1.54) is 11.1 Å². The number of hydrogen-bond donors (Lipinski definition) is 1. The van der Waals surface area contributed by atoms with Crippen molar-refractivity contribution in [1.29, 1.82) is 0 Å². The third-order valence-electron chi connectivity index (χ3n) is 2.83. The summed E-state index contributed by atoms with van der Waals surface area (Å²) in [7, 11) is 0. The van der Waals surface area contributed by atoms with Crippen molar-refractivity contribution in [2.24, 2.45) is 0 Å². The van der Waals surface area contributed by atoms with Crippen LogP contribution in [0.4, 0.5) is 0 Å². The Labute approximate surface area is 107 Å². The van der Waals surface area contributed by atoms with Crippen LogP contribution in [0, 0.1) is 13.8 Å². The maximum atomic E-state index is 4.45. The molecule has 0 aliphatic carbocycles. The fraction of sp³-hybridized carbons (Fsp3) is 0.357. The number of benzene rings is 1. The summed E-state index contributed by atoms with van der Waals surface area (Å²) in [6.07, 6.45) is 0. The van der Waals surface area contributed by atoms with Crippen molar-refractivity contribution in [1.82, 2.24) is 10.3 Å². The van der Waals surface area contributed by atoms with Gasteiger partial charge in [-0.15, -0.1) is 11.3 Å². The molecular formula is C14H18N2S. The van der Waals surface area contributed by atoms with E-state index in [9.17, 15) is 0 Å². The predicted molar refractivity (Wildman–Crippen MR) is 73.3 cm³/mol. The Morgan fingerprint density at radius 1 is 1.24 bits per heavy atom. The first-order valence-corrected chi connectivity index (χ1v) is 6.74. The standard InChI is InChI=1S/C14H18N2S/c1-10-4-6-13(7-5-10)11(2)15-8-14-9-17-12(3)16-14/h4-7,9,11,15H,8H2,1-3H3/t11-/m1/s1. The van der Waals surface area contributed by atoms with Crippen molar-refractivity contribution in [2.75, 3.05) is 0 Å². The van der Waals surface area contributed by atoms with Gasteiger partial charge in [0, 0.05) is 18.0 Å². The SMILES string of the molecule is Cc1ccc([C@@H](C)NCc2csc(C)n2)cc1. The number of aromatic nitrogens is 1. The highest BCUT2D eigenvalue weighted by Gasteiger charge is 2.05. The van der Waals surface area contributed by atoms with Crippen LogP contribution in [0.2, 0.25) is 0 Å². The van der Waals surface area contributed by atoms with Crippen molar-refractivity contribution in [2.45, 2.75) is 33.4 Å². The topological polar surface area (TPSA) is 24.9 Å². The zero-order valence-corrected chi connectivity index (χ0v) is 11.3. The molecule has 90 valence electrons. The first-order valence-electron chi connectivity index (χ1n) is 5.86. The lowest BCUT2D eigenvalue weighted by molar-refractivity contribution is 0.569. The summed E-state index contributed by atoms with van der Waals surface area (Å²) in [5.74, 6) is 0. The first kappa shape index (κ1) is 12.3. The second-order valence-corrected chi connectivity index (χ2v) is 5.43. The lowest BCUT2D eigenvalue weighted by atomic mass is 10.1. The molecule has 1 atom stereocenters. The molecule has 0 radical (unpaired) electrons. The van der Waals surface area contributed by atoms with Crippen LogP contribution in [0.25, 0.3) is 0 Å². The molecule has 3 heteroatoms. The fourth-order valence-electron chi connectivity index (χ4n) is 1.72. The largest absolute Gasteiger partial charge is 0.305 e. The van der Waals surface area contributed by atoms with E-state index < -0.39 is 0 Å². The van der Waals surface area contributed by atoms with E-state index in [4.69, 9.17) is 0 Å². The molecule has 17 heavy (non-hydrogen) atoms. The average molecular weight is 246 g/mol. The van der Waals surface area contributed by atoms with E-state index >= 15 is 0 Å². The molecule has 0 aliphatic heterocycles. The van der Waals surface area contributed by atoms with Crippen LogP contribution in [0.15, 0.2) is 29.6 Å². The van der Waals surface area contributed by atoms with Gasteiger partial charge in [-0.1, -0.05) is 29.8 Å². The molecule has 1 aromatic carbocycles. The van der Waals surface area contributed by atoms with Gasteiger partial charge in [-0.3, -0.25) is 0 Å². The summed E-state index contributed by atoms with van der Waals surface area (Å²) < 4.78 is 0. The molecule has 2 nitrogen and oxygen atoms in total. The third kappa shape index (κ3) is 3.38. The van der Waals surface area contributed by atoms with Gasteiger partial charge in [-0.25, -0.2) is 4.98 Å². The summed E-state index contributed by atoms with van der Waals surface area (Å²) in [6.45, 7) is 7.17. The zero-order chi connectivity index (χ0) is 12.3. The third-order valence-corrected chi connectivity index (χ3v) is 3.66. The molecule has 1 N–H and O–H groups in total. The molecule has 0 aliphatic rings. The van der Waals surface area contributed by atoms with Crippen molar-refractivity contribution in [3.63, 3.8) is 0 Å². The minimum Gasteiger partial charge on any atom is -0.305 e. The number of hydrogen-bond acceptors (Lipinski definition) is 3. The van der Waals surface area contributed by atoms with Crippen molar-refractivity contribution in [3.8, 4) is 0 Å². The molecule has 2 aromatic rings. The Bertz CT molecular complexity index is 473. The molecule has 0 spiro atoms. The number of nitrogens with one attached hydrogen (secondary N) is 1. The lowest BCUT2D eigenvalue weighted by Gasteiger charge is -2.13. The number of rotatable bonds is 4. The highest BCUT2D eigenvalue weighted by molar-refractivity contribution is 7.09. The van der Waals surface area contributed by atoms with Crippen LogP contribution in [-0.2, 0) is 6.54 Å². The van der Waals surface area contributed by atoms with E-state index in [-0.39, 0.29) is 0 Å². The number of nitrogens with zero attached hydrogens (tertiary/aromatic N) is 1. The Balaban J connectivity index is 1.93. The van der Waals surface area contributed by atoms with E-state index in [1.807, 2.05) is 6.92 Å². The van der Waals surface area contributed by atoms with E-state index in [0.29, 0.717) is 6.04 Å². The summed E-state index contributed by atoms with van der Waals surface area (Å²) in [5.41, 5.74) is 3.75. The maximum Gasteiger partial charge on any atom is 0.0897 e. The highest BCUT2D eigenvalue weighted by atomic mass is 32.1. The smallest absolute Gasteiger partial charge is 0.0897 e. The fourth-order valence-corrected chi connectivity index (χ4v) is 2.33. The van der Waals surface area contributed by atoms with Crippen LogP contribution >= 0.6 is 11.3 Å². The van der Waals surface area contributed by atoms with Crippen molar-refractivity contribution in [3.05, 3.63) is 51.5 Å². The van der Waals surface area contributed by atoms with Gasteiger partial charge in [-0.05, 0) is 26.3 Å². The molecule has 0 bridgehead atoms. The molecule has 0 saturated carbocycles. The molecule has 1 aromatic heterocycles. The molecule has 0 unspecified atom stereocenters. The Kier molecular flexibility index (Phi) is 3.92. The van der Waals surface area contributed by atoms with Gasteiger partial charge < -0.3 is 5.32 Å². The number of thiazole rings is 1. The minimum atomic E-state index is 0.359. The summed E-state index contributed by atoms with van der Waals surface area (Å²) in [4.78, 5) is 4.45. The summed E-state index contributed by atoms with van der Waals surface area (Å²) in [6, 6.07) is 9.03. The Morgan fingerprint density at radius 3 is 2.53 bits per heavy atom. The van der Waals surface area contributed by atoms with E-state index in [0.717, 1.165) is 17.2 Å². The Morgan fingerprint density at radius 2 is 1.94 bits per heavy atom. The second-order valence-electron chi connectivity index (χ2n) is 4.37.